The first-order valence-electron chi connectivity index (χ1n) is 6.72. The fourth-order valence-corrected chi connectivity index (χ4v) is 1.71. The Hall–Kier alpha value is -2.31. The van der Waals surface area contributed by atoms with E-state index in [-0.39, 0.29) is 5.84 Å². The molecule has 7 nitrogen and oxygen atoms in total. The first kappa shape index (κ1) is 16.7. The van der Waals surface area contributed by atoms with Gasteiger partial charge < -0.3 is 15.8 Å². The number of nitrogens with two attached hydrogens (primary N) is 1. The largest absolute Gasteiger partial charge is 0.443 e. The molecule has 0 aromatic carbocycles. The predicted octanol–water partition coefficient (Wildman–Crippen LogP) is 2.29. The van der Waals surface area contributed by atoms with Gasteiger partial charge in [-0.25, -0.2) is 9.78 Å². The van der Waals surface area contributed by atoms with E-state index in [2.05, 4.69) is 10.3 Å². The minimum absolute atomic E-state index is 0.0172. The molecule has 0 atom stereocenters. The van der Waals surface area contributed by atoms with Crippen molar-refractivity contribution >= 4 is 23.4 Å². The number of carbonyl (C=O) groups is 1. The zero-order valence-corrected chi connectivity index (χ0v) is 13.2. The molecule has 0 aliphatic carbocycles. The third kappa shape index (κ3) is 4.34. The maximum Gasteiger partial charge on any atom is 0.415 e. The standard InChI is InChI=1S/C14H23N5O2/c1-6-19(13(20)21-14(2,3)4)12(16)9-8-18-11(15)7-10(9)17-5/h7-8,16H,6H2,1-5H3,(H3,15,17,18). The molecule has 1 rings (SSSR count). The normalized spacial score (nSPS) is 10.9. The monoisotopic (exact) mass is 293 g/mol. The number of aromatic nitrogens is 1. The Morgan fingerprint density at radius 1 is 1.52 bits per heavy atom. The number of nitrogen functional groups attached to an aromatic ring is 1. The summed E-state index contributed by atoms with van der Waals surface area (Å²) in [5.41, 5.74) is 6.13. The first-order chi connectivity index (χ1) is 9.69. The van der Waals surface area contributed by atoms with Crippen LogP contribution in [-0.4, -0.2) is 41.0 Å². The Morgan fingerprint density at radius 2 is 2.14 bits per heavy atom. The molecule has 0 radical (unpaired) electrons. The van der Waals surface area contributed by atoms with E-state index in [9.17, 15) is 4.79 Å². The molecule has 4 N–H and O–H groups in total. The zero-order valence-electron chi connectivity index (χ0n) is 13.2. The number of nitrogens with one attached hydrogen (secondary N) is 2. The van der Waals surface area contributed by atoms with E-state index >= 15 is 0 Å². The molecule has 1 aromatic heterocycles. The summed E-state index contributed by atoms with van der Waals surface area (Å²) in [6.07, 6.45) is 0.908. The van der Waals surface area contributed by atoms with Crippen molar-refractivity contribution in [3.63, 3.8) is 0 Å². The van der Waals surface area contributed by atoms with Gasteiger partial charge in [0.05, 0.1) is 11.3 Å². The van der Waals surface area contributed by atoms with Crippen LogP contribution in [0.15, 0.2) is 12.3 Å². The summed E-state index contributed by atoms with van der Waals surface area (Å²) in [5.74, 6) is 0.361. The Kier molecular flexibility index (Phi) is 5.12. The molecule has 7 heteroatoms. The van der Waals surface area contributed by atoms with E-state index in [1.165, 1.54) is 11.1 Å². The number of pyridine rings is 1. The Bertz CT molecular complexity index is 537. The van der Waals surface area contributed by atoms with Crippen LogP contribution < -0.4 is 11.1 Å². The molecule has 1 amide bonds. The smallest absolute Gasteiger partial charge is 0.415 e. The lowest BCUT2D eigenvalue weighted by atomic mass is 10.2. The van der Waals surface area contributed by atoms with Crippen molar-refractivity contribution in [1.29, 1.82) is 5.41 Å². The number of nitrogens with zero attached hydrogens (tertiary/aromatic N) is 2. The van der Waals surface area contributed by atoms with Crippen LogP contribution >= 0.6 is 0 Å². The van der Waals surface area contributed by atoms with Gasteiger partial charge in [0.15, 0.2) is 0 Å². The van der Waals surface area contributed by atoms with Gasteiger partial charge in [-0.05, 0) is 27.7 Å². The van der Waals surface area contributed by atoms with Gasteiger partial charge in [-0.3, -0.25) is 10.3 Å². The quantitative estimate of drug-likeness (QED) is 0.586. The molecular formula is C14H23N5O2. The second kappa shape index (κ2) is 6.43. The van der Waals surface area contributed by atoms with Crippen LogP contribution in [0.1, 0.15) is 33.3 Å². The zero-order chi connectivity index (χ0) is 16.2. The molecule has 21 heavy (non-hydrogen) atoms. The number of amides is 1. The van der Waals surface area contributed by atoms with E-state index < -0.39 is 11.7 Å². The number of rotatable bonds is 3. The number of ether oxygens (including phenoxy) is 1. The Morgan fingerprint density at radius 3 is 2.62 bits per heavy atom. The second-order valence-corrected chi connectivity index (χ2v) is 5.48. The summed E-state index contributed by atoms with van der Waals surface area (Å²) < 4.78 is 5.31. The number of carbonyl (C=O) groups excluding carboxylic acids is 1. The minimum Gasteiger partial charge on any atom is -0.443 e. The third-order valence-corrected chi connectivity index (χ3v) is 2.65. The van der Waals surface area contributed by atoms with Gasteiger partial charge in [-0.1, -0.05) is 0 Å². The van der Waals surface area contributed by atoms with Crippen LogP contribution in [0.3, 0.4) is 0 Å². The molecule has 0 unspecified atom stereocenters. The van der Waals surface area contributed by atoms with Gasteiger partial charge in [0.1, 0.15) is 17.3 Å². The van der Waals surface area contributed by atoms with Gasteiger partial charge in [0, 0.05) is 25.9 Å². The molecule has 0 aliphatic rings. The highest BCUT2D eigenvalue weighted by Gasteiger charge is 2.25. The number of hydrogen-bond donors (Lipinski definition) is 3. The van der Waals surface area contributed by atoms with Crippen molar-refractivity contribution in [3.8, 4) is 0 Å². The second-order valence-electron chi connectivity index (χ2n) is 5.48. The lowest BCUT2D eigenvalue weighted by Gasteiger charge is -2.27. The van der Waals surface area contributed by atoms with Crippen LogP contribution in [0, 0.1) is 5.41 Å². The summed E-state index contributed by atoms with van der Waals surface area (Å²) >= 11 is 0. The van der Waals surface area contributed by atoms with Gasteiger partial charge >= 0.3 is 6.09 Å². The summed E-state index contributed by atoms with van der Waals surface area (Å²) in [5, 5.41) is 11.2. The fourth-order valence-electron chi connectivity index (χ4n) is 1.71. The topological polar surface area (TPSA) is 104 Å². The first-order valence-corrected chi connectivity index (χ1v) is 6.72. The van der Waals surface area contributed by atoms with Crippen molar-refractivity contribution in [2.75, 3.05) is 24.6 Å². The Balaban J connectivity index is 3.07. The SMILES string of the molecule is CCN(C(=N)c1cnc(N)cc1NC)C(=O)OC(C)(C)C. The molecule has 0 spiro atoms. The highest BCUT2D eigenvalue weighted by Crippen LogP contribution is 2.19. The lowest BCUT2D eigenvalue weighted by molar-refractivity contribution is 0.0376. The van der Waals surface area contributed by atoms with Gasteiger partial charge in [0.2, 0.25) is 0 Å². The van der Waals surface area contributed by atoms with Crippen LogP contribution in [0.4, 0.5) is 16.3 Å². The highest BCUT2D eigenvalue weighted by atomic mass is 16.6. The predicted molar refractivity (Wildman–Crippen MR) is 83.6 cm³/mol. The molecule has 0 saturated heterocycles. The van der Waals surface area contributed by atoms with Gasteiger partial charge in [-0.2, -0.15) is 0 Å². The van der Waals surface area contributed by atoms with E-state index in [1.807, 2.05) is 0 Å². The van der Waals surface area contributed by atoms with Crippen molar-refractivity contribution in [2.24, 2.45) is 0 Å². The van der Waals surface area contributed by atoms with E-state index in [1.54, 1.807) is 40.8 Å². The molecule has 0 saturated carbocycles. The summed E-state index contributed by atoms with van der Waals surface area (Å²) in [6.45, 7) is 7.45. The van der Waals surface area contributed by atoms with Crippen LogP contribution in [0.5, 0.6) is 0 Å². The van der Waals surface area contributed by atoms with E-state index in [4.69, 9.17) is 15.9 Å². The molecular weight excluding hydrogens is 270 g/mol. The third-order valence-electron chi connectivity index (χ3n) is 2.65. The van der Waals surface area contributed by atoms with Gasteiger partial charge in [-0.15, -0.1) is 0 Å². The van der Waals surface area contributed by atoms with E-state index in [0.29, 0.717) is 23.6 Å². The molecule has 1 aromatic rings. The molecule has 0 fully saturated rings. The number of hydrogen-bond acceptors (Lipinski definition) is 6. The van der Waals surface area contributed by atoms with Gasteiger partial charge in [0.25, 0.3) is 0 Å². The minimum atomic E-state index is -0.615. The molecule has 0 aliphatic heterocycles. The average Bonchev–Trinajstić information content (AvgIpc) is 2.36. The number of amidine groups is 1. The molecule has 0 bridgehead atoms. The fraction of sp³-hybridized carbons (Fsp3) is 0.500. The number of anilines is 2. The Labute approximate surface area is 125 Å². The van der Waals surface area contributed by atoms with Crippen LogP contribution in [-0.2, 0) is 4.74 Å². The lowest BCUT2D eigenvalue weighted by Crippen LogP contribution is -2.41. The van der Waals surface area contributed by atoms with Crippen molar-refractivity contribution in [3.05, 3.63) is 17.8 Å². The molecule has 116 valence electrons. The summed E-state index contributed by atoms with van der Waals surface area (Å²) in [6, 6.07) is 1.62. The maximum atomic E-state index is 12.2. The highest BCUT2D eigenvalue weighted by molar-refractivity contribution is 6.07. The summed E-state index contributed by atoms with van der Waals surface area (Å²) in [4.78, 5) is 17.4. The molecule has 1 heterocycles. The maximum absolute atomic E-state index is 12.2. The van der Waals surface area contributed by atoms with Crippen molar-refractivity contribution in [2.45, 2.75) is 33.3 Å². The average molecular weight is 293 g/mol. The van der Waals surface area contributed by atoms with E-state index in [0.717, 1.165) is 0 Å². The van der Waals surface area contributed by atoms with Crippen molar-refractivity contribution < 1.29 is 9.53 Å². The van der Waals surface area contributed by atoms with Crippen LogP contribution in [0.25, 0.3) is 0 Å². The summed E-state index contributed by atoms with van der Waals surface area (Å²) in [7, 11) is 1.72. The van der Waals surface area contributed by atoms with Crippen LogP contribution in [0.2, 0.25) is 0 Å². The van der Waals surface area contributed by atoms with Crippen molar-refractivity contribution in [1.82, 2.24) is 9.88 Å².